The predicted molar refractivity (Wildman–Crippen MR) is 68.4 cm³/mol. The van der Waals surface area contributed by atoms with Crippen LogP contribution in [0.4, 0.5) is 17.6 Å². The van der Waals surface area contributed by atoms with Crippen molar-refractivity contribution in [1.29, 1.82) is 0 Å². The van der Waals surface area contributed by atoms with Gasteiger partial charge >= 0.3 is 0 Å². The van der Waals surface area contributed by atoms with Crippen molar-refractivity contribution in [1.82, 2.24) is 0 Å². The Bertz CT molecular complexity index is 645. The average molecular weight is 304 g/mol. The molecule has 0 aliphatic heterocycles. The van der Waals surface area contributed by atoms with Crippen molar-refractivity contribution in [3.63, 3.8) is 0 Å². The Morgan fingerprint density at radius 1 is 0.950 bits per heavy atom. The van der Waals surface area contributed by atoms with Crippen LogP contribution in [-0.4, -0.2) is 0 Å². The smallest absolute Gasteiger partial charge is 0.194 e. The Morgan fingerprint density at radius 3 is 2.35 bits per heavy atom. The molecule has 2 N–H and O–H groups in total. The molecule has 20 heavy (non-hydrogen) atoms. The van der Waals surface area contributed by atoms with E-state index in [0.29, 0.717) is 0 Å². The SMILES string of the molecule is NC(Cc1cccc(Cl)c1F)c1ccc(F)c(F)c1F. The third-order valence-corrected chi connectivity index (χ3v) is 3.23. The van der Waals surface area contributed by atoms with Crippen molar-refractivity contribution < 1.29 is 17.6 Å². The summed E-state index contributed by atoms with van der Waals surface area (Å²) in [5, 5.41) is -0.0829. The van der Waals surface area contributed by atoms with Gasteiger partial charge in [-0.2, -0.15) is 0 Å². The lowest BCUT2D eigenvalue weighted by atomic mass is 9.98. The molecule has 2 rings (SSSR count). The molecule has 6 heteroatoms. The zero-order valence-electron chi connectivity index (χ0n) is 10.1. The van der Waals surface area contributed by atoms with Crippen molar-refractivity contribution in [2.75, 3.05) is 0 Å². The highest BCUT2D eigenvalue weighted by atomic mass is 35.5. The Hall–Kier alpha value is -1.59. The minimum absolute atomic E-state index is 0.0829. The fourth-order valence-corrected chi connectivity index (χ4v) is 2.07. The van der Waals surface area contributed by atoms with Crippen molar-refractivity contribution in [2.45, 2.75) is 12.5 Å². The van der Waals surface area contributed by atoms with E-state index in [1.165, 1.54) is 18.2 Å². The van der Waals surface area contributed by atoms with E-state index in [2.05, 4.69) is 0 Å². The van der Waals surface area contributed by atoms with E-state index in [4.69, 9.17) is 17.3 Å². The van der Waals surface area contributed by atoms with Crippen LogP contribution in [0.5, 0.6) is 0 Å². The Kier molecular flexibility index (Phi) is 4.30. The predicted octanol–water partition coefficient (Wildman–Crippen LogP) is 4.14. The van der Waals surface area contributed by atoms with E-state index in [9.17, 15) is 17.6 Å². The highest BCUT2D eigenvalue weighted by molar-refractivity contribution is 6.30. The number of nitrogens with two attached hydrogens (primary N) is 1. The second kappa shape index (κ2) is 5.81. The van der Waals surface area contributed by atoms with Crippen LogP contribution in [0.2, 0.25) is 5.02 Å². The molecule has 0 bridgehead atoms. The largest absolute Gasteiger partial charge is 0.324 e. The zero-order chi connectivity index (χ0) is 14.9. The van der Waals surface area contributed by atoms with E-state index < -0.39 is 29.3 Å². The summed E-state index contributed by atoms with van der Waals surface area (Å²) in [6.45, 7) is 0. The van der Waals surface area contributed by atoms with E-state index in [1.807, 2.05) is 0 Å². The standard InChI is InChI=1S/C14H10ClF4N/c15-9-3-1-2-7(12(9)17)6-11(20)8-4-5-10(16)14(19)13(8)18/h1-5,11H,6,20H2. The first-order chi connectivity index (χ1) is 9.41. The molecular weight excluding hydrogens is 294 g/mol. The van der Waals surface area contributed by atoms with Gasteiger partial charge in [-0.15, -0.1) is 0 Å². The van der Waals surface area contributed by atoms with E-state index >= 15 is 0 Å². The first-order valence-corrected chi connectivity index (χ1v) is 6.11. The van der Waals surface area contributed by atoms with Crippen LogP contribution in [0.15, 0.2) is 30.3 Å². The molecule has 1 unspecified atom stereocenters. The molecule has 0 aliphatic rings. The van der Waals surface area contributed by atoms with Gasteiger partial charge in [-0.3, -0.25) is 0 Å². The van der Waals surface area contributed by atoms with Gasteiger partial charge in [-0.1, -0.05) is 29.8 Å². The molecular formula is C14H10ClF4N. The Labute approximate surface area is 118 Å². The van der Waals surface area contributed by atoms with E-state index in [0.717, 1.165) is 12.1 Å². The van der Waals surface area contributed by atoms with Gasteiger partial charge in [0.05, 0.1) is 5.02 Å². The molecule has 0 aromatic heterocycles. The first kappa shape index (κ1) is 14.8. The van der Waals surface area contributed by atoms with Gasteiger partial charge in [0.15, 0.2) is 17.5 Å². The van der Waals surface area contributed by atoms with Gasteiger partial charge in [-0.05, 0) is 24.1 Å². The summed E-state index contributed by atoms with van der Waals surface area (Å²) in [7, 11) is 0. The number of benzene rings is 2. The van der Waals surface area contributed by atoms with Crippen LogP contribution in [0.1, 0.15) is 17.2 Å². The average Bonchev–Trinajstić information content (AvgIpc) is 2.41. The first-order valence-electron chi connectivity index (χ1n) is 5.73. The van der Waals surface area contributed by atoms with Crippen molar-refractivity contribution in [2.24, 2.45) is 5.73 Å². The van der Waals surface area contributed by atoms with E-state index in [-0.39, 0.29) is 22.6 Å². The maximum atomic E-state index is 13.7. The van der Waals surface area contributed by atoms with Crippen molar-refractivity contribution >= 4 is 11.6 Å². The summed E-state index contributed by atoms with van der Waals surface area (Å²) in [4.78, 5) is 0. The second-order valence-electron chi connectivity index (χ2n) is 4.29. The van der Waals surface area contributed by atoms with Gasteiger partial charge < -0.3 is 5.73 Å². The molecule has 0 fully saturated rings. The minimum Gasteiger partial charge on any atom is -0.324 e. The van der Waals surface area contributed by atoms with Gasteiger partial charge in [0, 0.05) is 11.6 Å². The summed E-state index contributed by atoms with van der Waals surface area (Å²) in [5.41, 5.74) is 5.68. The zero-order valence-corrected chi connectivity index (χ0v) is 10.9. The molecule has 0 spiro atoms. The maximum absolute atomic E-state index is 13.7. The third-order valence-electron chi connectivity index (χ3n) is 2.94. The fraction of sp³-hybridized carbons (Fsp3) is 0.143. The van der Waals surface area contributed by atoms with Gasteiger partial charge in [0.2, 0.25) is 0 Å². The fourth-order valence-electron chi connectivity index (χ4n) is 1.88. The summed E-state index contributed by atoms with van der Waals surface area (Å²) < 4.78 is 53.3. The lowest BCUT2D eigenvalue weighted by Gasteiger charge is -2.14. The molecule has 2 aromatic rings. The Balaban J connectivity index is 2.31. The van der Waals surface area contributed by atoms with Crippen LogP contribution in [0.25, 0.3) is 0 Å². The van der Waals surface area contributed by atoms with Gasteiger partial charge in [0.25, 0.3) is 0 Å². The second-order valence-corrected chi connectivity index (χ2v) is 4.70. The van der Waals surface area contributed by atoms with Crippen LogP contribution >= 0.6 is 11.6 Å². The van der Waals surface area contributed by atoms with Crippen LogP contribution in [0, 0.1) is 23.3 Å². The minimum atomic E-state index is -1.59. The lowest BCUT2D eigenvalue weighted by Crippen LogP contribution is -2.17. The molecule has 1 atom stereocenters. The molecule has 0 amide bonds. The van der Waals surface area contributed by atoms with Crippen molar-refractivity contribution in [3.8, 4) is 0 Å². The van der Waals surface area contributed by atoms with Crippen molar-refractivity contribution in [3.05, 3.63) is 69.8 Å². The highest BCUT2D eigenvalue weighted by Crippen LogP contribution is 2.25. The van der Waals surface area contributed by atoms with Crippen LogP contribution < -0.4 is 5.73 Å². The number of hydrogen-bond acceptors (Lipinski definition) is 1. The molecule has 0 aliphatic carbocycles. The van der Waals surface area contributed by atoms with Crippen LogP contribution in [-0.2, 0) is 6.42 Å². The molecule has 0 radical (unpaired) electrons. The lowest BCUT2D eigenvalue weighted by molar-refractivity contribution is 0.434. The van der Waals surface area contributed by atoms with Gasteiger partial charge in [0.1, 0.15) is 5.82 Å². The number of halogens is 5. The van der Waals surface area contributed by atoms with Gasteiger partial charge in [-0.25, -0.2) is 17.6 Å². The number of rotatable bonds is 3. The summed E-state index contributed by atoms with van der Waals surface area (Å²) >= 11 is 5.62. The molecule has 0 saturated heterocycles. The molecule has 0 saturated carbocycles. The molecule has 1 nitrogen and oxygen atoms in total. The monoisotopic (exact) mass is 303 g/mol. The highest BCUT2D eigenvalue weighted by Gasteiger charge is 2.20. The number of hydrogen-bond donors (Lipinski definition) is 1. The summed E-state index contributed by atoms with van der Waals surface area (Å²) in [6, 6.07) is 5.14. The summed E-state index contributed by atoms with van der Waals surface area (Å²) in [5.74, 6) is -4.91. The maximum Gasteiger partial charge on any atom is 0.194 e. The van der Waals surface area contributed by atoms with E-state index in [1.54, 1.807) is 0 Å². The quantitative estimate of drug-likeness (QED) is 0.669. The molecule has 2 aromatic carbocycles. The summed E-state index contributed by atoms with van der Waals surface area (Å²) in [6.07, 6.45) is -0.0889. The molecule has 0 heterocycles. The third kappa shape index (κ3) is 2.78. The Morgan fingerprint density at radius 2 is 1.65 bits per heavy atom. The normalized spacial score (nSPS) is 12.5. The molecule has 106 valence electrons. The van der Waals surface area contributed by atoms with Crippen LogP contribution in [0.3, 0.4) is 0 Å². The topological polar surface area (TPSA) is 26.0 Å².